The zero-order valence-corrected chi connectivity index (χ0v) is 14.0. The summed E-state index contributed by atoms with van der Waals surface area (Å²) in [5.41, 5.74) is 2.90. The van der Waals surface area contributed by atoms with Crippen molar-refractivity contribution in [2.75, 3.05) is 27.3 Å². The number of rotatable bonds is 5. The molecule has 0 unspecified atom stereocenters. The van der Waals surface area contributed by atoms with Gasteiger partial charge in [-0.25, -0.2) is 0 Å². The number of carbonyl (C=O) groups excluding carboxylic acids is 1. The molecule has 126 valence electrons. The average molecular weight is 326 g/mol. The molecule has 1 heterocycles. The molecule has 0 saturated heterocycles. The van der Waals surface area contributed by atoms with Crippen LogP contribution in [0.2, 0.25) is 0 Å². The molecule has 1 aliphatic heterocycles. The van der Waals surface area contributed by atoms with Gasteiger partial charge >= 0.3 is 0 Å². The molecule has 1 amide bonds. The van der Waals surface area contributed by atoms with Crippen molar-refractivity contribution in [2.24, 2.45) is 0 Å². The second-order valence-corrected chi connectivity index (χ2v) is 6.10. The number of carbonyl (C=O) groups is 1. The van der Waals surface area contributed by atoms with Gasteiger partial charge in [-0.2, -0.15) is 0 Å². The first-order chi connectivity index (χ1) is 11.6. The number of amides is 1. The molecule has 1 aliphatic rings. The van der Waals surface area contributed by atoms with Crippen LogP contribution in [0.4, 0.5) is 0 Å². The van der Waals surface area contributed by atoms with Gasteiger partial charge in [0.25, 0.3) is 5.91 Å². The zero-order chi connectivity index (χ0) is 16.9. The quantitative estimate of drug-likeness (QED) is 0.917. The zero-order valence-electron chi connectivity index (χ0n) is 14.0. The third kappa shape index (κ3) is 4.06. The summed E-state index contributed by atoms with van der Waals surface area (Å²) in [7, 11) is 4.09. The maximum atomic E-state index is 12.3. The summed E-state index contributed by atoms with van der Waals surface area (Å²) in [5.74, 6) is 1.19. The summed E-state index contributed by atoms with van der Waals surface area (Å²) in [4.78, 5) is 14.4. The Morgan fingerprint density at radius 2 is 1.67 bits per heavy atom. The van der Waals surface area contributed by atoms with Crippen molar-refractivity contribution in [1.29, 1.82) is 0 Å². The summed E-state index contributed by atoms with van der Waals surface area (Å²) in [6.45, 7) is 2.46. The molecular weight excluding hydrogens is 304 g/mol. The van der Waals surface area contributed by atoms with Crippen molar-refractivity contribution >= 4 is 5.91 Å². The molecule has 5 heteroatoms. The second-order valence-electron chi connectivity index (χ2n) is 6.10. The van der Waals surface area contributed by atoms with Gasteiger partial charge in [0.05, 0.1) is 0 Å². The van der Waals surface area contributed by atoms with Gasteiger partial charge in [0, 0.05) is 18.7 Å². The number of hydrogen-bond donors (Lipinski definition) is 1. The minimum absolute atomic E-state index is 0.121. The highest BCUT2D eigenvalue weighted by Gasteiger charge is 2.14. The Morgan fingerprint density at radius 3 is 2.38 bits per heavy atom. The predicted octanol–water partition coefficient (Wildman–Crippen LogP) is 2.45. The van der Waals surface area contributed by atoms with Crippen molar-refractivity contribution < 1.29 is 14.3 Å². The van der Waals surface area contributed by atoms with Gasteiger partial charge < -0.3 is 19.7 Å². The Kier molecular flexibility index (Phi) is 5.01. The third-order valence-electron chi connectivity index (χ3n) is 3.78. The van der Waals surface area contributed by atoms with Crippen molar-refractivity contribution in [3.63, 3.8) is 0 Å². The van der Waals surface area contributed by atoms with E-state index in [1.54, 1.807) is 18.2 Å². The Morgan fingerprint density at radius 1 is 1.00 bits per heavy atom. The van der Waals surface area contributed by atoms with Gasteiger partial charge in [0.15, 0.2) is 11.5 Å². The Hall–Kier alpha value is -2.53. The van der Waals surface area contributed by atoms with Crippen LogP contribution in [0.5, 0.6) is 11.5 Å². The molecule has 3 rings (SSSR count). The van der Waals surface area contributed by atoms with Crippen LogP contribution in [0.1, 0.15) is 21.5 Å². The van der Waals surface area contributed by atoms with Crippen molar-refractivity contribution in [2.45, 2.75) is 13.1 Å². The summed E-state index contributed by atoms with van der Waals surface area (Å²) in [5, 5.41) is 2.94. The molecule has 0 atom stereocenters. The normalized spacial score (nSPS) is 13.0. The molecule has 0 spiro atoms. The lowest BCUT2D eigenvalue weighted by Gasteiger charge is -2.18. The summed E-state index contributed by atoms with van der Waals surface area (Å²) < 4.78 is 11.0. The highest BCUT2D eigenvalue weighted by Crippen LogP contribution is 2.30. The Labute approximate surface area is 142 Å². The standard InChI is InChI=1S/C19H22N2O3/c1-21(2)13-15-5-3-14(4-6-15)12-20-19(22)16-7-8-17-18(11-16)24-10-9-23-17/h3-8,11H,9-10,12-13H2,1-2H3,(H,20,22). The van der Waals surface area contributed by atoms with Gasteiger partial charge in [-0.3, -0.25) is 4.79 Å². The van der Waals surface area contributed by atoms with Gasteiger partial charge in [-0.15, -0.1) is 0 Å². The van der Waals surface area contributed by atoms with Crippen molar-refractivity contribution in [3.8, 4) is 11.5 Å². The van der Waals surface area contributed by atoms with Crippen LogP contribution in [0.3, 0.4) is 0 Å². The minimum Gasteiger partial charge on any atom is -0.486 e. The van der Waals surface area contributed by atoms with Gasteiger partial charge in [0.2, 0.25) is 0 Å². The molecule has 0 fully saturated rings. The SMILES string of the molecule is CN(C)Cc1ccc(CNC(=O)c2ccc3c(c2)OCCO3)cc1. The largest absolute Gasteiger partial charge is 0.486 e. The maximum Gasteiger partial charge on any atom is 0.251 e. The first-order valence-corrected chi connectivity index (χ1v) is 8.02. The summed E-state index contributed by atoms with van der Waals surface area (Å²) in [6, 6.07) is 13.5. The van der Waals surface area contributed by atoms with Crippen LogP contribution in [-0.4, -0.2) is 38.1 Å². The molecular formula is C19H22N2O3. The van der Waals surface area contributed by atoms with Gasteiger partial charge in [-0.05, 0) is 43.4 Å². The molecule has 0 radical (unpaired) electrons. The highest BCUT2D eigenvalue weighted by atomic mass is 16.6. The van der Waals surface area contributed by atoms with E-state index in [9.17, 15) is 4.79 Å². The second kappa shape index (κ2) is 7.36. The van der Waals surface area contributed by atoms with E-state index in [1.807, 2.05) is 26.2 Å². The lowest BCUT2D eigenvalue weighted by atomic mass is 10.1. The van der Waals surface area contributed by atoms with Crippen LogP contribution in [0.25, 0.3) is 0 Å². The van der Waals surface area contributed by atoms with E-state index in [4.69, 9.17) is 9.47 Å². The van der Waals surface area contributed by atoms with Crippen LogP contribution in [0.15, 0.2) is 42.5 Å². The van der Waals surface area contributed by atoms with Gasteiger partial charge in [-0.1, -0.05) is 24.3 Å². The van der Waals surface area contributed by atoms with E-state index in [-0.39, 0.29) is 5.91 Å². The van der Waals surface area contributed by atoms with E-state index in [2.05, 4.69) is 22.3 Å². The Balaban J connectivity index is 1.59. The van der Waals surface area contributed by atoms with Crippen LogP contribution in [0, 0.1) is 0 Å². The predicted molar refractivity (Wildman–Crippen MR) is 92.4 cm³/mol. The van der Waals surface area contributed by atoms with Crippen LogP contribution >= 0.6 is 0 Å². The van der Waals surface area contributed by atoms with Gasteiger partial charge in [0.1, 0.15) is 13.2 Å². The van der Waals surface area contributed by atoms with Crippen LogP contribution in [-0.2, 0) is 13.1 Å². The van der Waals surface area contributed by atoms with Crippen LogP contribution < -0.4 is 14.8 Å². The number of ether oxygens (including phenoxy) is 2. The molecule has 5 nitrogen and oxygen atoms in total. The van der Waals surface area contributed by atoms with Crippen molar-refractivity contribution in [1.82, 2.24) is 10.2 Å². The molecule has 0 aliphatic carbocycles. The first kappa shape index (κ1) is 16.3. The summed E-state index contributed by atoms with van der Waals surface area (Å²) in [6.07, 6.45) is 0. The Bertz CT molecular complexity index is 711. The molecule has 0 bridgehead atoms. The molecule has 2 aromatic carbocycles. The molecule has 24 heavy (non-hydrogen) atoms. The third-order valence-corrected chi connectivity index (χ3v) is 3.78. The number of benzene rings is 2. The molecule has 2 aromatic rings. The topological polar surface area (TPSA) is 50.8 Å². The first-order valence-electron chi connectivity index (χ1n) is 8.02. The van der Waals surface area contributed by atoms with E-state index >= 15 is 0 Å². The smallest absolute Gasteiger partial charge is 0.251 e. The van der Waals surface area contributed by atoms with E-state index in [0.29, 0.717) is 36.8 Å². The number of nitrogens with one attached hydrogen (secondary N) is 1. The maximum absolute atomic E-state index is 12.3. The number of hydrogen-bond acceptors (Lipinski definition) is 4. The van der Waals surface area contributed by atoms with E-state index in [1.165, 1.54) is 5.56 Å². The fourth-order valence-corrected chi connectivity index (χ4v) is 2.60. The monoisotopic (exact) mass is 326 g/mol. The van der Waals surface area contributed by atoms with Crippen molar-refractivity contribution in [3.05, 3.63) is 59.2 Å². The van der Waals surface area contributed by atoms with E-state index in [0.717, 1.165) is 12.1 Å². The number of fused-ring (bicyclic) bond motifs is 1. The van der Waals surface area contributed by atoms with E-state index < -0.39 is 0 Å². The lowest BCUT2D eigenvalue weighted by molar-refractivity contribution is 0.0949. The lowest BCUT2D eigenvalue weighted by Crippen LogP contribution is -2.23. The minimum atomic E-state index is -0.121. The summed E-state index contributed by atoms with van der Waals surface area (Å²) >= 11 is 0. The fraction of sp³-hybridized carbons (Fsp3) is 0.316. The average Bonchev–Trinajstić information content (AvgIpc) is 2.60. The molecule has 0 saturated carbocycles. The highest BCUT2D eigenvalue weighted by molar-refractivity contribution is 5.94. The number of nitrogens with zero attached hydrogens (tertiary/aromatic N) is 1. The molecule has 0 aromatic heterocycles. The molecule has 1 N–H and O–H groups in total. The fourth-order valence-electron chi connectivity index (χ4n) is 2.60.